The molecule has 0 bridgehead atoms. The van der Waals surface area contributed by atoms with Gasteiger partial charge in [0.1, 0.15) is 0 Å². The first-order valence-electron chi connectivity index (χ1n) is 9.19. The van der Waals surface area contributed by atoms with Crippen LogP contribution < -0.4 is 5.32 Å². The van der Waals surface area contributed by atoms with E-state index in [0.717, 1.165) is 31.9 Å². The van der Waals surface area contributed by atoms with Crippen molar-refractivity contribution < 1.29 is 4.42 Å². The van der Waals surface area contributed by atoms with Crippen molar-refractivity contribution in [3.63, 3.8) is 0 Å². The van der Waals surface area contributed by atoms with Crippen LogP contribution in [0.2, 0.25) is 0 Å². The first-order chi connectivity index (χ1) is 11.4. The topological polar surface area (TPSA) is 54.2 Å². The second kappa shape index (κ2) is 8.77. The molecule has 0 spiro atoms. The fourth-order valence-electron chi connectivity index (χ4n) is 3.71. The summed E-state index contributed by atoms with van der Waals surface area (Å²) < 4.78 is 5.59. The first-order valence-corrected chi connectivity index (χ1v) is 9.19. The highest BCUT2D eigenvalue weighted by molar-refractivity contribution is 5.14. The molecule has 136 valence electrons. The van der Waals surface area contributed by atoms with Gasteiger partial charge in [0.05, 0.1) is 0 Å². The summed E-state index contributed by atoms with van der Waals surface area (Å²) in [5, 5.41) is 11.8. The summed E-state index contributed by atoms with van der Waals surface area (Å²) in [4.78, 5) is 2.22. The molecule has 1 aliphatic carbocycles. The largest absolute Gasteiger partial charge is 0.426 e. The molecule has 0 radical (unpaired) electrons. The van der Waals surface area contributed by atoms with Gasteiger partial charge in [-0.15, -0.1) is 10.2 Å². The third kappa shape index (κ3) is 5.42. The maximum atomic E-state index is 5.59. The van der Waals surface area contributed by atoms with E-state index in [1.807, 2.05) is 6.92 Å². The molecule has 1 N–H and O–H groups in total. The van der Waals surface area contributed by atoms with Crippen molar-refractivity contribution in [3.8, 4) is 0 Å². The van der Waals surface area contributed by atoms with Crippen LogP contribution in [0.25, 0.3) is 0 Å². The number of hydrogen-bond donors (Lipinski definition) is 1. The van der Waals surface area contributed by atoms with Crippen molar-refractivity contribution in [2.45, 2.75) is 40.5 Å². The summed E-state index contributed by atoms with van der Waals surface area (Å²) >= 11 is 0. The van der Waals surface area contributed by atoms with Gasteiger partial charge in [0.2, 0.25) is 11.8 Å². The molecule has 0 fully saturated rings. The Kier molecular flexibility index (Phi) is 6.99. The van der Waals surface area contributed by atoms with Gasteiger partial charge in [-0.25, -0.2) is 0 Å². The lowest BCUT2D eigenvalue weighted by Gasteiger charge is -2.37. The molecule has 5 nitrogen and oxygen atoms in total. The van der Waals surface area contributed by atoms with Crippen LogP contribution in [0.3, 0.4) is 0 Å². The van der Waals surface area contributed by atoms with Gasteiger partial charge >= 0.3 is 0 Å². The van der Waals surface area contributed by atoms with E-state index in [4.69, 9.17) is 4.42 Å². The van der Waals surface area contributed by atoms with Gasteiger partial charge in [-0.2, -0.15) is 0 Å². The normalized spacial score (nSPS) is 24.7. The Morgan fingerprint density at radius 1 is 1.29 bits per heavy atom. The summed E-state index contributed by atoms with van der Waals surface area (Å²) in [6, 6.07) is 0. The van der Waals surface area contributed by atoms with Gasteiger partial charge in [0.15, 0.2) is 0 Å². The van der Waals surface area contributed by atoms with Crippen LogP contribution in [0.1, 0.15) is 39.0 Å². The molecular formula is C19H34N4O. The first kappa shape index (κ1) is 19.1. The summed E-state index contributed by atoms with van der Waals surface area (Å²) in [5.74, 6) is 3.96. The van der Waals surface area contributed by atoms with E-state index in [1.54, 1.807) is 0 Å². The summed E-state index contributed by atoms with van der Waals surface area (Å²) in [6.45, 7) is 12.0. The van der Waals surface area contributed by atoms with E-state index in [0.29, 0.717) is 29.6 Å². The van der Waals surface area contributed by atoms with Crippen LogP contribution >= 0.6 is 0 Å². The van der Waals surface area contributed by atoms with Crippen LogP contribution in [-0.2, 0) is 6.42 Å². The molecule has 1 aromatic heterocycles. The average molecular weight is 335 g/mol. The third-order valence-corrected chi connectivity index (χ3v) is 5.19. The highest BCUT2D eigenvalue weighted by Crippen LogP contribution is 2.38. The van der Waals surface area contributed by atoms with Gasteiger partial charge < -0.3 is 14.6 Å². The number of aryl methyl sites for hydroxylation is 1. The number of rotatable bonds is 8. The Labute approximate surface area is 146 Å². The Morgan fingerprint density at radius 2 is 2.04 bits per heavy atom. The number of hydrogen-bond acceptors (Lipinski definition) is 5. The van der Waals surface area contributed by atoms with Crippen LogP contribution in [0.4, 0.5) is 0 Å². The van der Waals surface area contributed by atoms with E-state index in [9.17, 15) is 0 Å². The van der Waals surface area contributed by atoms with Crippen molar-refractivity contribution in [3.05, 3.63) is 23.4 Å². The van der Waals surface area contributed by atoms with E-state index in [1.165, 1.54) is 12.0 Å². The standard InChI is InChI=1S/C19H34N4O/c1-13(2)18-10-16(11-19-22-21-15(4)24-19)14(3)9-17(18)12-20-7-8-23(5)6/h9,13,16-18,20H,7-8,10-12H2,1-6H3. The number of aromatic nitrogens is 2. The van der Waals surface area contributed by atoms with E-state index in [-0.39, 0.29) is 0 Å². The SMILES string of the molecule is CC1=CC(CNCCN(C)C)C(C(C)C)CC1Cc1nnc(C)o1. The highest BCUT2D eigenvalue weighted by atomic mass is 16.4. The Hall–Kier alpha value is -1.20. The minimum atomic E-state index is 0.523. The molecule has 0 saturated carbocycles. The van der Waals surface area contributed by atoms with E-state index >= 15 is 0 Å². The molecule has 1 aliphatic rings. The third-order valence-electron chi connectivity index (χ3n) is 5.19. The van der Waals surface area contributed by atoms with Gasteiger partial charge in [-0.05, 0) is 51.1 Å². The molecule has 24 heavy (non-hydrogen) atoms. The molecule has 0 aromatic carbocycles. The molecule has 0 amide bonds. The van der Waals surface area contributed by atoms with Gasteiger partial charge in [0, 0.05) is 33.0 Å². The maximum absolute atomic E-state index is 5.59. The Morgan fingerprint density at radius 3 is 2.62 bits per heavy atom. The summed E-state index contributed by atoms with van der Waals surface area (Å²) in [6.07, 6.45) is 4.57. The quantitative estimate of drug-likeness (QED) is 0.585. The monoisotopic (exact) mass is 334 g/mol. The lowest BCUT2D eigenvalue weighted by molar-refractivity contribution is 0.217. The molecule has 3 atom stereocenters. The Balaban J connectivity index is 1.98. The van der Waals surface area contributed by atoms with Gasteiger partial charge in [0.25, 0.3) is 0 Å². The van der Waals surface area contributed by atoms with Gasteiger partial charge in [-0.1, -0.05) is 25.5 Å². The number of nitrogens with zero attached hydrogens (tertiary/aromatic N) is 3. The predicted molar refractivity (Wildman–Crippen MR) is 97.8 cm³/mol. The molecule has 1 aromatic rings. The lowest BCUT2D eigenvalue weighted by atomic mass is 9.70. The van der Waals surface area contributed by atoms with Crippen molar-refractivity contribution >= 4 is 0 Å². The zero-order valence-corrected chi connectivity index (χ0v) is 16.2. The fourth-order valence-corrected chi connectivity index (χ4v) is 3.71. The molecule has 2 rings (SSSR count). The van der Waals surface area contributed by atoms with Gasteiger partial charge in [-0.3, -0.25) is 0 Å². The highest BCUT2D eigenvalue weighted by Gasteiger charge is 2.32. The summed E-state index contributed by atoms with van der Waals surface area (Å²) in [5.41, 5.74) is 1.47. The molecule has 5 heteroatoms. The molecule has 3 unspecified atom stereocenters. The number of likely N-dealkylation sites (N-methyl/N-ethyl adjacent to an activating group) is 1. The van der Waals surface area contributed by atoms with Crippen molar-refractivity contribution in [1.82, 2.24) is 20.4 Å². The molecular weight excluding hydrogens is 300 g/mol. The summed E-state index contributed by atoms with van der Waals surface area (Å²) in [7, 11) is 4.24. The predicted octanol–water partition coefficient (Wildman–Crippen LogP) is 2.93. The second-order valence-electron chi connectivity index (χ2n) is 7.84. The van der Waals surface area contributed by atoms with Crippen LogP contribution in [0, 0.1) is 30.6 Å². The zero-order chi connectivity index (χ0) is 17.7. The minimum absolute atomic E-state index is 0.523. The van der Waals surface area contributed by atoms with Crippen molar-refractivity contribution in [2.24, 2.45) is 23.7 Å². The molecule has 0 aliphatic heterocycles. The lowest BCUT2D eigenvalue weighted by Crippen LogP contribution is -2.37. The van der Waals surface area contributed by atoms with Crippen LogP contribution in [0.15, 0.2) is 16.1 Å². The second-order valence-corrected chi connectivity index (χ2v) is 7.84. The van der Waals surface area contributed by atoms with Crippen molar-refractivity contribution in [2.75, 3.05) is 33.7 Å². The van der Waals surface area contributed by atoms with Crippen LogP contribution in [0.5, 0.6) is 0 Å². The average Bonchev–Trinajstić information content (AvgIpc) is 2.90. The zero-order valence-electron chi connectivity index (χ0n) is 16.2. The van der Waals surface area contributed by atoms with E-state index in [2.05, 4.69) is 61.4 Å². The number of nitrogens with one attached hydrogen (secondary N) is 1. The minimum Gasteiger partial charge on any atom is -0.426 e. The molecule has 0 saturated heterocycles. The smallest absolute Gasteiger partial charge is 0.217 e. The maximum Gasteiger partial charge on any atom is 0.217 e. The van der Waals surface area contributed by atoms with Crippen molar-refractivity contribution in [1.29, 1.82) is 0 Å². The van der Waals surface area contributed by atoms with E-state index < -0.39 is 0 Å². The Bertz CT molecular complexity index is 535. The fraction of sp³-hybridized carbons (Fsp3) is 0.789. The number of allylic oxidation sites excluding steroid dienone is 1. The molecule has 1 heterocycles. The van der Waals surface area contributed by atoms with Crippen LogP contribution in [-0.4, -0.2) is 48.8 Å².